The van der Waals surface area contributed by atoms with Gasteiger partial charge in [0.15, 0.2) is 11.0 Å². The molecule has 7 heteroatoms. The molecular formula is C21H31N5OS. The van der Waals surface area contributed by atoms with Gasteiger partial charge in [-0.15, -0.1) is 10.2 Å². The van der Waals surface area contributed by atoms with Crippen LogP contribution in [0.3, 0.4) is 0 Å². The van der Waals surface area contributed by atoms with Gasteiger partial charge in [0.25, 0.3) is 0 Å². The van der Waals surface area contributed by atoms with Crippen LogP contribution in [0.15, 0.2) is 29.4 Å². The van der Waals surface area contributed by atoms with E-state index in [4.69, 9.17) is 0 Å². The molecule has 1 aliphatic carbocycles. The lowest BCUT2D eigenvalue weighted by molar-refractivity contribution is -0.119. The van der Waals surface area contributed by atoms with Gasteiger partial charge in [0, 0.05) is 37.4 Å². The van der Waals surface area contributed by atoms with Crippen molar-refractivity contribution in [3.8, 4) is 11.4 Å². The third-order valence-corrected chi connectivity index (χ3v) is 6.41. The predicted molar refractivity (Wildman–Crippen MR) is 116 cm³/mol. The average Bonchev–Trinajstić information content (AvgIpc) is 3.09. The molecule has 1 fully saturated rings. The number of benzene rings is 1. The Morgan fingerprint density at radius 1 is 1.14 bits per heavy atom. The number of carbonyl (C=O) groups excluding carboxylic acids is 1. The number of nitrogens with zero attached hydrogens (tertiary/aromatic N) is 4. The van der Waals surface area contributed by atoms with E-state index < -0.39 is 0 Å². The van der Waals surface area contributed by atoms with Crippen LogP contribution in [0, 0.1) is 0 Å². The number of thioether (sulfide) groups is 1. The summed E-state index contributed by atoms with van der Waals surface area (Å²) in [5.74, 6) is 1.29. The van der Waals surface area contributed by atoms with Crippen LogP contribution in [0.1, 0.15) is 46.0 Å². The molecule has 0 radical (unpaired) electrons. The zero-order valence-electron chi connectivity index (χ0n) is 17.1. The normalized spacial score (nSPS) is 14.8. The van der Waals surface area contributed by atoms with E-state index in [0.29, 0.717) is 11.8 Å². The zero-order chi connectivity index (χ0) is 19.9. The first kappa shape index (κ1) is 20.7. The van der Waals surface area contributed by atoms with Gasteiger partial charge in [0.05, 0.1) is 5.75 Å². The smallest absolute Gasteiger partial charge is 0.230 e. The van der Waals surface area contributed by atoms with Crippen LogP contribution < -0.4 is 10.2 Å². The van der Waals surface area contributed by atoms with Crippen LogP contribution in [0.2, 0.25) is 0 Å². The monoisotopic (exact) mass is 401 g/mol. The predicted octanol–water partition coefficient (Wildman–Crippen LogP) is 3.87. The number of hydrogen-bond donors (Lipinski definition) is 1. The Balaban J connectivity index is 1.59. The van der Waals surface area contributed by atoms with E-state index >= 15 is 0 Å². The van der Waals surface area contributed by atoms with Gasteiger partial charge in [-0.3, -0.25) is 4.79 Å². The van der Waals surface area contributed by atoms with Crippen molar-refractivity contribution < 1.29 is 4.79 Å². The summed E-state index contributed by atoms with van der Waals surface area (Å²) < 4.78 is 1.96. The Morgan fingerprint density at radius 3 is 2.46 bits per heavy atom. The van der Waals surface area contributed by atoms with E-state index in [2.05, 4.69) is 58.5 Å². The van der Waals surface area contributed by atoms with Gasteiger partial charge in [0.1, 0.15) is 0 Å². The minimum Gasteiger partial charge on any atom is -0.372 e. The lowest BCUT2D eigenvalue weighted by Crippen LogP contribution is -2.37. The Hall–Kier alpha value is -2.02. The van der Waals surface area contributed by atoms with Crippen molar-refractivity contribution in [2.75, 3.05) is 23.7 Å². The molecule has 0 bridgehead atoms. The lowest BCUT2D eigenvalue weighted by Gasteiger charge is -2.22. The SMILES string of the molecule is CCN(CC)c1ccc(-c2nnc(SCC(=O)NC3CCCCC3)n2C)cc1. The second kappa shape index (κ2) is 9.96. The third-order valence-electron chi connectivity index (χ3n) is 5.39. The van der Waals surface area contributed by atoms with E-state index in [1.54, 1.807) is 0 Å². The highest BCUT2D eigenvalue weighted by atomic mass is 32.2. The summed E-state index contributed by atoms with van der Waals surface area (Å²) >= 11 is 1.44. The number of aromatic nitrogens is 3. The molecule has 0 atom stereocenters. The molecular weight excluding hydrogens is 370 g/mol. The Labute approximate surface area is 172 Å². The standard InChI is InChI=1S/C21H31N5OS/c1-4-26(5-2)18-13-11-16(12-14-18)20-23-24-21(25(20)3)28-15-19(27)22-17-9-7-6-8-10-17/h11-14,17H,4-10,15H2,1-3H3,(H,22,27). The maximum absolute atomic E-state index is 12.2. The second-order valence-electron chi connectivity index (χ2n) is 7.28. The van der Waals surface area contributed by atoms with Crippen molar-refractivity contribution in [1.29, 1.82) is 0 Å². The van der Waals surface area contributed by atoms with Gasteiger partial charge in [-0.2, -0.15) is 0 Å². The van der Waals surface area contributed by atoms with Crippen LogP contribution in [-0.2, 0) is 11.8 Å². The molecule has 0 unspecified atom stereocenters. The quantitative estimate of drug-likeness (QED) is 0.681. The molecule has 1 amide bonds. The lowest BCUT2D eigenvalue weighted by atomic mass is 9.95. The Bertz CT molecular complexity index is 764. The molecule has 1 N–H and O–H groups in total. The van der Waals surface area contributed by atoms with Crippen molar-refractivity contribution in [3.63, 3.8) is 0 Å². The van der Waals surface area contributed by atoms with Crippen LogP contribution in [-0.4, -0.2) is 45.6 Å². The van der Waals surface area contributed by atoms with Crippen molar-refractivity contribution in [2.45, 2.75) is 57.1 Å². The highest BCUT2D eigenvalue weighted by Gasteiger charge is 2.17. The van der Waals surface area contributed by atoms with Crippen molar-refractivity contribution in [3.05, 3.63) is 24.3 Å². The molecule has 0 spiro atoms. The summed E-state index contributed by atoms with van der Waals surface area (Å²) in [6, 6.07) is 8.77. The van der Waals surface area contributed by atoms with Crippen LogP contribution in [0.25, 0.3) is 11.4 Å². The van der Waals surface area contributed by atoms with Gasteiger partial charge < -0.3 is 14.8 Å². The highest BCUT2D eigenvalue weighted by Crippen LogP contribution is 2.25. The van der Waals surface area contributed by atoms with E-state index in [1.165, 1.54) is 36.7 Å². The molecule has 3 rings (SSSR count). The second-order valence-corrected chi connectivity index (χ2v) is 8.22. The molecule has 1 aliphatic rings. The number of anilines is 1. The first-order valence-corrected chi connectivity index (χ1v) is 11.3. The summed E-state index contributed by atoms with van der Waals surface area (Å²) in [6.45, 7) is 6.30. The molecule has 1 aromatic carbocycles. The average molecular weight is 402 g/mol. The van der Waals surface area contributed by atoms with E-state index in [0.717, 1.165) is 42.5 Å². The maximum Gasteiger partial charge on any atom is 0.230 e. The van der Waals surface area contributed by atoms with E-state index in [9.17, 15) is 4.79 Å². The molecule has 6 nitrogen and oxygen atoms in total. The topological polar surface area (TPSA) is 63.1 Å². The Kier molecular flexibility index (Phi) is 7.36. The van der Waals surface area contributed by atoms with E-state index in [-0.39, 0.29) is 5.91 Å². The molecule has 2 aromatic rings. The fourth-order valence-electron chi connectivity index (χ4n) is 3.75. The van der Waals surface area contributed by atoms with Crippen LogP contribution in [0.4, 0.5) is 5.69 Å². The fourth-order valence-corrected chi connectivity index (χ4v) is 4.47. The number of carbonyl (C=O) groups is 1. The number of amides is 1. The van der Waals surface area contributed by atoms with Crippen LogP contribution in [0.5, 0.6) is 0 Å². The third kappa shape index (κ3) is 5.07. The summed E-state index contributed by atoms with van der Waals surface area (Å²) in [6.07, 6.45) is 5.94. The molecule has 0 saturated heterocycles. The maximum atomic E-state index is 12.2. The molecule has 152 valence electrons. The number of nitrogens with one attached hydrogen (secondary N) is 1. The summed E-state index contributed by atoms with van der Waals surface area (Å²) in [4.78, 5) is 14.5. The molecule has 28 heavy (non-hydrogen) atoms. The van der Waals surface area contributed by atoms with Gasteiger partial charge in [-0.25, -0.2) is 0 Å². The summed E-state index contributed by atoms with van der Waals surface area (Å²) in [7, 11) is 1.95. The number of rotatable bonds is 8. The number of hydrogen-bond acceptors (Lipinski definition) is 5. The van der Waals surface area contributed by atoms with E-state index in [1.807, 2.05) is 11.6 Å². The first-order chi connectivity index (χ1) is 13.6. The fraction of sp³-hybridized carbons (Fsp3) is 0.571. The summed E-state index contributed by atoms with van der Waals surface area (Å²) in [5.41, 5.74) is 2.24. The van der Waals surface area contributed by atoms with Gasteiger partial charge >= 0.3 is 0 Å². The highest BCUT2D eigenvalue weighted by molar-refractivity contribution is 7.99. The molecule has 1 saturated carbocycles. The van der Waals surface area contributed by atoms with Gasteiger partial charge in [-0.1, -0.05) is 31.0 Å². The van der Waals surface area contributed by atoms with Crippen molar-refractivity contribution in [2.24, 2.45) is 7.05 Å². The Morgan fingerprint density at radius 2 is 1.82 bits per heavy atom. The van der Waals surface area contributed by atoms with Gasteiger partial charge in [0.2, 0.25) is 5.91 Å². The van der Waals surface area contributed by atoms with Crippen molar-refractivity contribution in [1.82, 2.24) is 20.1 Å². The van der Waals surface area contributed by atoms with Gasteiger partial charge in [-0.05, 0) is 51.0 Å². The molecule has 1 heterocycles. The molecule has 0 aliphatic heterocycles. The minimum atomic E-state index is 0.0880. The zero-order valence-corrected chi connectivity index (χ0v) is 18.0. The van der Waals surface area contributed by atoms with Crippen molar-refractivity contribution >= 4 is 23.4 Å². The minimum absolute atomic E-state index is 0.0880. The largest absolute Gasteiger partial charge is 0.372 e. The summed E-state index contributed by atoms with van der Waals surface area (Å²) in [5, 5.41) is 12.5. The van der Waals surface area contributed by atoms with Crippen LogP contribution >= 0.6 is 11.8 Å². The first-order valence-electron chi connectivity index (χ1n) is 10.3. The molecule has 1 aromatic heterocycles.